The van der Waals surface area contributed by atoms with Gasteiger partial charge in [0.15, 0.2) is 0 Å². The summed E-state index contributed by atoms with van der Waals surface area (Å²) in [4.78, 5) is 25.7. The predicted molar refractivity (Wildman–Crippen MR) is 87.9 cm³/mol. The normalized spacial score (nSPS) is 14.9. The third-order valence-corrected chi connectivity index (χ3v) is 4.79. The van der Waals surface area contributed by atoms with Gasteiger partial charge in [-0.15, -0.1) is 11.3 Å². The number of nitrogens with one attached hydrogen (secondary N) is 1. The number of rotatable bonds is 3. The largest absolute Gasteiger partial charge is 0.368 e. The van der Waals surface area contributed by atoms with E-state index in [9.17, 15) is 14.9 Å². The summed E-state index contributed by atoms with van der Waals surface area (Å²) in [5, 5.41) is 14.7. The maximum atomic E-state index is 12.3. The number of benzene rings is 1. The zero-order valence-corrected chi connectivity index (χ0v) is 13.3. The minimum atomic E-state index is -0.396. The molecule has 2 aromatic rings. The smallest absolute Gasteiger partial charge is 0.270 e. The highest BCUT2D eigenvalue weighted by molar-refractivity contribution is 7.21. The molecule has 1 aliphatic rings. The molecule has 1 N–H and O–H groups in total. The van der Waals surface area contributed by atoms with Gasteiger partial charge in [-0.3, -0.25) is 14.9 Å². The van der Waals surface area contributed by atoms with E-state index in [2.05, 4.69) is 24.1 Å². The van der Waals surface area contributed by atoms with Crippen molar-refractivity contribution in [3.8, 4) is 0 Å². The van der Waals surface area contributed by atoms with Crippen molar-refractivity contribution in [2.75, 3.05) is 24.5 Å². The number of anilines is 1. The summed E-state index contributed by atoms with van der Waals surface area (Å²) in [7, 11) is 0. The SMILES string of the molecule is CC(C)CN1CCNC(=O)c2sc3ccc([N+](=O)[O-])cc3c21. The lowest BCUT2D eigenvalue weighted by atomic mass is 10.1. The van der Waals surface area contributed by atoms with Crippen LogP contribution in [0.3, 0.4) is 0 Å². The maximum Gasteiger partial charge on any atom is 0.270 e. The summed E-state index contributed by atoms with van der Waals surface area (Å²) in [6.07, 6.45) is 0. The van der Waals surface area contributed by atoms with Crippen molar-refractivity contribution in [3.63, 3.8) is 0 Å². The van der Waals surface area contributed by atoms with Crippen molar-refractivity contribution >= 4 is 38.7 Å². The zero-order chi connectivity index (χ0) is 15.9. The summed E-state index contributed by atoms with van der Waals surface area (Å²) in [6.45, 7) is 6.36. The number of nitro benzene ring substituents is 1. The topological polar surface area (TPSA) is 75.5 Å². The average molecular weight is 319 g/mol. The fourth-order valence-electron chi connectivity index (χ4n) is 2.77. The van der Waals surface area contributed by atoms with Crippen LogP contribution >= 0.6 is 11.3 Å². The molecule has 0 spiro atoms. The average Bonchev–Trinajstić information content (AvgIpc) is 2.77. The first-order chi connectivity index (χ1) is 10.5. The second-order valence-corrected chi connectivity index (χ2v) is 6.87. The van der Waals surface area contributed by atoms with E-state index in [0.29, 0.717) is 23.9 Å². The molecule has 1 aliphatic heterocycles. The highest BCUT2D eigenvalue weighted by Crippen LogP contribution is 2.41. The van der Waals surface area contributed by atoms with Gasteiger partial charge in [-0.05, 0) is 12.0 Å². The molecule has 0 aliphatic carbocycles. The minimum absolute atomic E-state index is 0.0576. The van der Waals surface area contributed by atoms with Gasteiger partial charge in [0.25, 0.3) is 11.6 Å². The van der Waals surface area contributed by atoms with E-state index in [1.54, 1.807) is 12.1 Å². The van der Waals surface area contributed by atoms with Crippen LogP contribution in [0.1, 0.15) is 23.5 Å². The first-order valence-electron chi connectivity index (χ1n) is 7.21. The monoisotopic (exact) mass is 319 g/mol. The van der Waals surface area contributed by atoms with Crippen molar-refractivity contribution in [1.82, 2.24) is 5.32 Å². The van der Waals surface area contributed by atoms with Crippen LogP contribution in [-0.2, 0) is 0 Å². The Morgan fingerprint density at radius 1 is 1.45 bits per heavy atom. The van der Waals surface area contributed by atoms with E-state index in [1.165, 1.54) is 17.4 Å². The Hall–Kier alpha value is -2.15. The van der Waals surface area contributed by atoms with Crippen LogP contribution in [0.5, 0.6) is 0 Å². The number of carbonyl (C=O) groups excluding carboxylic acids is 1. The molecular formula is C15H17N3O3S. The Kier molecular flexibility index (Phi) is 3.74. The van der Waals surface area contributed by atoms with E-state index in [-0.39, 0.29) is 11.6 Å². The van der Waals surface area contributed by atoms with E-state index in [1.807, 2.05) is 0 Å². The van der Waals surface area contributed by atoms with Gasteiger partial charge in [0.1, 0.15) is 4.88 Å². The van der Waals surface area contributed by atoms with Crippen LogP contribution in [0, 0.1) is 16.0 Å². The van der Waals surface area contributed by atoms with Gasteiger partial charge in [0.05, 0.1) is 10.6 Å². The standard InChI is InChI=1S/C15H17N3O3S/c1-9(2)8-17-6-5-16-15(19)14-13(17)11-7-10(18(20)21)3-4-12(11)22-14/h3-4,7,9H,5-6,8H2,1-2H3,(H,16,19). The zero-order valence-electron chi connectivity index (χ0n) is 12.5. The summed E-state index contributed by atoms with van der Waals surface area (Å²) >= 11 is 1.40. The van der Waals surface area contributed by atoms with Crippen molar-refractivity contribution in [1.29, 1.82) is 0 Å². The van der Waals surface area contributed by atoms with Crippen LogP contribution in [0.2, 0.25) is 0 Å². The van der Waals surface area contributed by atoms with Gasteiger partial charge in [-0.25, -0.2) is 0 Å². The van der Waals surface area contributed by atoms with Crippen molar-refractivity contribution in [3.05, 3.63) is 33.2 Å². The molecule has 1 amide bonds. The van der Waals surface area contributed by atoms with Crippen molar-refractivity contribution in [2.45, 2.75) is 13.8 Å². The minimum Gasteiger partial charge on any atom is -0.368 e. The molecule has 3 rings (SSSR count). The summed E-state index contributed by atoms with van der Waals surface area (Å²) in [5.41, 5.74) is 0.898. The summed E-state index contributed by atoms with van der Waals surface area (Å²) < 4.78 is 0.904. The van der Waals surface area contributed by atoms with E-state index in [0.717, 1.165) is 22.3 Å². The van der Waals surface area contributed by atoms with Gasteiger partial charge >= 0.3 is 0 Å². The molecule has 7 heteroatoms. The molecule has 22 heavy (non-hydrogen) atoms. The third-order valence-electron chi connectivity index (χ3n) is 3.63. The quantitative estimate of drug-likeness (QED) is 0.697. The lowest BCUT2D eigenvalue weighted by molar-refractivity contribution is -0.384. The molecular weight excluding hydrogens is 302 g/mol. The number of hydrogen-bond acceptors (Lipinski definition) is 5. The Balaban J connectivity index is 2.22. The first kappa shape index (κ1) is 14.8. The molecule has 0 fully saturated rings. The van der Waals surface area contributed by atoms with Crippen LogP contribution in [-0.4, -0.2) is 30.5 Å². The Morgan fingerprint density at radius 2 is 2.23 bits per heavy atom. The van der Waals surface area contributed by atoms with Gasteiger partial charge in [0, 0.05) is 41.9 Å². The molecule has 0 saturated carbocycles. The second kappa shape index (κ2) is 5.57. The molecule has 0 radical (unpaired) electrons. The Labute approximate surface area is 131 Å². The highest BCUT2D eigenvalue weighted by Gasteiger charge is 2.27. The maximum absolute atomic E-state index is 12.3. The third kappa shape index (κ3) is 2.52. The Bertz CT molecular complexity index is 754. The lowest BCUT2D eigenvalue weighted by Gasteiger charge is -2.25. The van der Waals surface area contributed by atoms with Gasteiger partial charge in [0.2, 0.25) is 0 Å². The van der Waals surface area contributed by atoms with Crippen LogP contribution < -0.4 is 10.2 Å². The fourth-order valence-corrected chi connectivity index (χ4v) is 3.90. The lowest BCUT2D eigenvalue weighted by Crippen LogP contribution is -2.32. The van der Waals surface area contributed by atoms with E-state index < -0.39 is 4.92 Å². The molecule has 0 atom stereocenters. The van der Waals surface area contributed by atoms with Crippen LogP contribution in [0.25, 0.3) is 10.1 Å². The summed E-state index contributed by atoms with van der Waals surface area (Å²) in [6, 6.07) is 4.80. The molecule has 1 aromatic carbocycles. The molecule has 1 aromatic heterocycles. The van der Waals surface area contributed by atoms with Crippen molar-refractivity contribution in [2.24, 2.45) is 5.92 Å². The summed E-state index contributed by atoms with van der Waals surface area (Å²) in [5.74, 6) is 0.347. The van der Waals surface area contributed by atoms with Gasteiger partial charge in [-0.2, -0.15) is 0 Å². The molecule has 2 heterocycles. The van der Waals surface area contributed by atoms with E-state index in [4.69, 9.17) is 0 Å². The van der Waals surface area contributed by atoms with Crippen LogP contribution in [0.4, 0.5) is 11.4 Å². The number of non-ortho nitro benzene ring substituents is 1. The molecule has 0 saturated heterocycles. The van der Waals surface area contributed by atoms with Gasteiger partial charge < -0.3 is 10.2 Å². The number of nitro groups is 1. The Morgan fingerprint density at radius 3 is 2.91 bits per heavy atom. The molecule has 0 bridgehead atoms. The number of hydrogen-bond donors (Lipinski definition) is 1. The molecule has 6 nitrogen and oxygen atoms in total. The highest BCUT2D eigenvalue weighted by atomic mass is 32.1. The number of nitrogens with zero attached hydrogens (tertiary/aromatic N) is 2. The van der Waals surface area contributed by atoms with E-state index >= 15 is 0 Å². The van der Waals surface area contributed by atoms with Gasteiger partial charge in [-0.1, -0.05) is 13.8 Å². The number of thiophene rings is 1. The first-order valence-corrected chi connectivity index (χ1v) is 8.03. The van der Waals surface area contributed by atoms with Crippen molar-refractivity contribution < 1.29 is 9.72 Å². The number of amides is 1. The predicted octanol–water partition coefficient (Wildman–Crippen LogP) is 3.02. The second-order valence-electron chi connectivity index (χ2n) is 5.81. The fraction of sp³-hybridized carbons (Fsp3) is 0.400. The van der Waals surface area contributed by atoms with Crippen LogP contribution in [0.15, 0.2) is 18.2 Å². The molecule has 0 unspecified atom stereocenters. The molecule has 116 valence electrons. The number of fused-ring (bicyclic) bond motifs is 3. The number of carbonyl (C=O) groups is 1.